The van der Waals surface area contributed by atoms with Gasteiger partial charge in [0.2, 0.25) is 0 Å². The van der Waals surface area contributed by atoms with Crippen molar-refractivity contribution in [1.82, 2.24) is 25.6 Å². The molecule has 2 aromatic rings. The van der Waals surface area contributed by atoms with E-state index in [1.165, 1.54) is 5.56 Å². The Balaban J connectivity index is 0.00000196. The van der Waals surface area contributed by atoms with E-state index in [1.807, 2.05) is 16.8 Å². The van der Waals surface area contributed by atoms with Crippen molar-refractivity contribution in [3.05, 3.63) is 41.2 Å². The summed E-state index contributed by atoms with van der Waals surface area (Å²) in [5, 5.41) is 14.7. The molecule has 1 aliphatic heterocycles. The van der Waals surface area contributed by atoms with Gasteiger partial charge in [-0.25, -0.2) is 4.68 Å². The molecule has 0 radical (unpaired) electrons. The van der Waals surface area contributed by atoms with Crippen LogP contribution in [0.25, 0.3) is 0 Å². The number of nitrogens with one attached hydrogen (secondary N) is 2. The Morgan fingerprint density at radius 2 is 2.12 bits per heavy atom. The molecule has 1 amide bonds. The Bertz CT molecular complexity index is 773. The van der Waals surface area contributed by atoms with Crippen LogP contribution in [0, 0.1) is 0 Å². The summed E-state index contributed by atoms with van der Waals surface area (Å²) < 4.78 is 7.26. The molecule has 1 fully saturated rings. The van der Waals surface area contributed by atoms with Crippen molar-refractivity contribution in [2.75, 3.05) is 20.2 Å². The molecule has 2 heterocycles. The number of carbonyl (C=O) groups excluding carboxylic acids is 1. The van der Waals surface area contributed by atoms with Crippen LogP contribution in [0.3, 0.4) is 0 Å². The van der Waals surface area contributed by atoms with E-state index in [-0.39, 0.29) is 24.4 Å². The zero-order valence-corrected chi connectivity index (χ0v) is 15.6. The summed E-state index contributed by atoms with van der Waals surface area (Å²) in [7, 11) is 1.68. The van der Waals surface area contributed by atoms with Crippen LogP contribution in [0.5, 0.6) is 5.75 Å². The number of aromatic nitrogens is 3. The van der Waals surface area contributed by atoms with Gasteiger partial charge in [0.1, 0.15) is 5.75 Å². The lowest BCUT2D eigenvalue weighted by Gasteiger charge is -2.22. The normalized spacial score (nSPS) is 19.5. The maximum absolute atomic E-state index is 12.6. The number of hydrogen-bond donors (Lipinski definition) is 2. The molecule has 140 valence electrons. The van der Waals surface area contributed by atoms with Crippen LogP contribution in [0.2, 0.25) is 0 Å². The Morgan fingerprint density at radius 3 is 2.88 bits per heavy atom. The fourth-order valence-electron chi connectivity index (χ4n) is 3.82. The summed E-state index contributed by atoms with van der Waals surface area (Å²) in [5.74, 6) is 0.729. The highest BCUT2D eigenvalue weighted by Gasteiger charge is 2.27. The largest absolute Gasteiger partial charge is 0.496 e. The molecule has 26 heavy (non-hydrogen) atoms. The Morgan fingerprint density at radius 1 is 1.31 bits per heavy atom. The molecular formula is C18H24ClN5O2. The Labute approximate surface area is 158 Å². The SMILES string of the molecule is COc1cccc2c1CCC2NC(=O)c1cn(C2CCNCC2)nn1.Cl. The number of fused-ring (bicyclic) bond motifs is 1. The molecule has 1 unspecified atom stereocenters. The number of ether oxygens (including phenoxy) is 1. The second-order valence-corrected chi connectivity index (χ2v) is 6.66. The molecule has 1 aromatic heterocycles. The maximum Gasteiger partial charge on any atom is 0.273 e. The zero-order valence-electron chi connectivity index (χ0n) is 14.8. The second kappa shape index (κ2) is 8.05. The summed E-state index contributed by atoms with van der Waals surface area (Å²) in [6, 6.07) is 6.32. The van der Waals surface area contributed by atoms with E-state index in [9.17, 15) is 4.79 Å². The molecule has 1 aromatic carbocycles. The predicted octanol–water partition coefficient (Wildman–Crippen LogP) is 2.05. The quantitative estimate of drug-likeness (QED) is 0.852. The van der Waals surface area contributed by atoms with Crippen molar-refractivity contribution < 1.29 is 9.53 Å². The topological polar surface area (TPSA) is 81.1 Å². The molecule has 4 rings (SSSR count). The molecule has 7 nitrogen and oxygen atoms in total. The van der Waals surface area contributed by atoms with Gasteiger partial charge < -0.3 is 15.4 Å². The van der Waals surface area contributed by atoms with E-state index < -0.39 is 0 Å². The fourth-order valence-corrected chi connectivity index (χ4v) is 3.82. The molecule has 1 saturated heterocycles. The lowest BCUT2D eigenvalue weighted by molar-refractivity contribution is 0.0931. The highest BCUT2D eigenvalue weighted by Crippen LogP contribution is 2.36. The van der Waals surface area contributed by atoms with Crippen LogP contribution >= 0.6 is 12.4 Å². The van der Waals surface area contributed by atoms with Gasteiger partial charge in [0.25, 0.3) is 5.91 Å². The minimum Gasteiger partial charge on any atom is -0.496 e. The number of halogens is 1. The predicted molar refractivity (Wildman–Crippen MR) is 99.9 cm³/mol. The number of amides is 1. The third-order valence-corrected chi connectivity index (χ3v) is 5.18. The van der Waals surface area contributed by atoms with Gasteiger partial charge in [0.05, 0.1) is 25.4 Å². The zero-order chi connectivity index (χ0) is 17.2. The van der Waals surface area contributed by atoms with Crippen LogP contribution in [-0.4, -0.2) is 41.1 Å². The molecule has 0 bridgehead atoms. The van der Waals surface area contributed by atoms with Crippen LogP contribution < -0.4 is 15.4 Å². The first-order valence-electron chi connectivity index (χ1n) is 8.85. The fraction of sp³-hybridized carbons (Fsp3) is 0.500. The lowest BCUT2D eigenvalue weighted by atomic mass is 10.1. The van der Waals surface area contributed by atoms with Crippen molar-refractivity contribution in [3.8, 4) is 5.75 Å². The van der Waals surface area contributed by atoms with Crippen molar-refractivity contribution in [2.45, 2.75) is 37.8 Å². The number of piperidine rings is 1. The van der Waals surface area contributed by atoms with Crippen LogP contribution in [0.15, 0.2) is 24.4 Å². The molecular weight excluding hydrogens is 354 g/mol. The molecule has 8 heteroatoms. The van der Waals surface area contributed by atoms with Crippen molar-refractivity contribution in [2.24, 2.45) is 0 Å². The van der Waals surface area contributed by atoms with Gasteiger partial charge in [-0.05, 0) is 56.0 Å². The summed E-state index contributed by atoms with van der Waals surface area (Å²) >= 11 is 0. The highest BCUT2D eigenvalue weighted by atomic mass is 35.5. The van der Waals surface area contributed by atoms with Crippen molar-refractivity contribution in [3.63, 3.8) is 0 Å². The smallest absolute Gasteiger partial charge is 0.273 e. The summed E-state index contributed by atoms with van der Waals surface area (Å²) in [4.78, 5) is 12.6. The Hall–Kier alpha value is -2.12. The maximum atomic E-state index is 12.6. The number of benzene rings is 1. The monoisotopic (exact) mass is 377 g/mol. The first-order chi connectivity index (χ1) is 12.3. The minimum absolute atomic E-state index is 0. The van der Waals surface area contributed by atoms with E-state index >= 15 is 0 Å². The molecule has 1 aliphatic carbocycles. The van der Waals surface area contributed by atoms with Crippen LogP contribution in [0.1, 0.15) is 53.0 Å². The lowest BCUT2D eigenvalue weighted by Crippen LogP contribution is -2.29. The van der Waals surface area contributed by atoms with E-state index in [2.05, 4.69) is 27.0 Å². The van der Waals surface area contributed by atoms with Crippen LogP contribution in [0.4, 0.5) is 0 Å². The van der Waals surface area contributed by atoms with Gasteiger partial charge in [0.15, 0.2) is 5.69 Å². The standard InChI is InChI=1S/C18H23N5O2.ClH/c1-25-17-4-2-3-13-14(17)5-6-15(13)20-18(24)16-11-23(22-21-16)12-7-9-19-10-8-12;/h2-4,11-12,15,19H,5-10H2,1H3,(H,20,24);1H. The second-order valence-electron chi connectivity index (χ2n) is 6.66. The van der Waals surface area contributed by atoms with E-state index in [4.69, 9.17) is 4.74 Å². The molecule has 2 N–H and O–H groups in total. The van der Waals surface area contributed by atoms with Gasteiger partial charge in [-0.1, -0.05) is 17.3 Å². The van der Waals surface area contributed by atoms with Gasteiger partial charge in [-0.15, -0.1) is 17.5 Å². The van der Waals surface area contributed by atoms with Gasteiger partial charge in [-0.2, -0.15) is 0 Å². The number of hydrogen-bond acceptors (Lipinski definition) is 5. The summed E-state index contributed by atoms with van der Waals surface area (Å²) in [5.41, 5.74) is 2.71. The number of carbonyl (C=O) groups is 1. The molecule has 0 saturated carbocycles. The van der Waals surface area contributed by atoms with Crippen molar-refractivity contribution in [1.29, 1.82) is 0 Å². The third kappa shape index (κ3) is 3.54. The van der Waals surface area contributed by atoms with Crippen LogP contribution in [-0.2, 0) is 6.42 Å². The first kappa shape index (κ1) is 18.7. The van der Waals surface area contributed by atoms with Gasteiger partial charge in [-0.3, -0.25) is 4.79 Å². The van der Waals surface area contributed by atoms with E-state index in [1.54, 1.807) is 13.3 Å². The Kier molecular flexibility index (Phi) is 5.78. The number of nitrogens with zero attached hydrogens (tertiary/aromatic N) is 3. The van der Waals surface area contributed by atoms with E-state index in [0.717, 1.165) is 50.1 Å². The first-order valence-corrected chi connectivity index (χ1v) is 8.85. The minimum atomic E-state index is -0.166. The number of methoxy groups -OCH3 is 1. The summed E-state index contributed by atoms with van der Waals surface area (Å²) in [6.45, 7) is 1.96. The highest BCUT2D eigenvalue weighted by molar-refractivity contribution is 5.92. The van der Waals surface area contributed by atoms with Crippen molar-refractivity contribution >= 4 is 18.3 Å². The summed E-state index contributed by atoms with van der Waals surface area (Å²) in [6.07, 6.45) is 5.59. The molecule has 1 atom stereocenters. The van der Waals surface area contributed by atoms with E-state index in [0.29, 0.717) is 11.7 Å². The third-order valence-electron chi connectivity index (χ3n) is 5.18. The average Bonchev–Trinajstić information content (AvgIpc) is 3.30. The van der Waals surface area contributed by atoms with Gasteiger partial charge in [0, 0.05) is 0 Å². The molecule has 0 spiro atoms. The molecule has 2 aliphatic rings. The van der Waals surface area contributed by atoms with Gasteiger partial charge >= 0.3 is 0 Å². The number of rotatable bonds is 4. The average molecular weight is 378 g/mol.